The molecule has 4 nitrogen and oxygen atoms in total. The van der Waals surface area contributed by atoms with E-state index in [1.54, 1.807) is 0 Å². The van der Waals surface area contributed by atoms with Crippen LogP contribution in [0.15, 0.2) is 194 Å². The number of hydrogen-bond donors (Lipinski definition) is 0. The molecule has 0 fully saturated rings. The molecule has 0 N–H and O–H groups in total. The Labute approximate surface area is 334 Å². The van der Waals surface area contributed by atoms with Crippen LogP contribution in [0, 0.1) is 0 Å². The van der Waals surface area contributed by atoms with Gasteiger partial charge in [0.1, 0.15) is 0 Å². The zero-order valence-electron chi connectivity index (χ0n) is 31.3. The first-order valence-electron chi connectivity index (χ1n) is 19.9. The number of nitrogens with zero attached hydrogens (tertiary/aromatic N) is 4. The summed E-state index contributed by atoms with van der Waals surface area (Å²) in [6.07, 6.45) is 0. The summed E-state index contributed by atoms with van der Waals surface area (Å²) >= 11 is 0. The van der Waals surface area contributed by atoms with Gasteiger partial charge in [-0.05, 0) is 73.8 Å². The second-order valence-electron chi connectivity index (χ2n) is 15.5. The SMILES string of the molecule is c1ccc(-c2nc(-c3ccccc3)nc(-c3ccc(-n4c5cccc6c5c5c7c(cccc7ccc54)C64c5ccccc5-c5ccccc54)c4ccccc34)n2)cc1. The van der Waals surface area contributed by atoms with Gasteiger partial charge in [0, 0.05) is 32.8 Å². The van der Waals surface area contributed by atoms with Crippen LogP contribution in [0.3, 0.4) is 0 Å². The Morgan fingerprint density at radius 3 is 1.55 bits per heavy atom. The molecule has 268 valence electrons. The Balaban J connectivity index is 1.10. The summed E-state index contributed by atoms with van der Waals surface area (Å²) in [7, 11) is 0. The third kappa shape index (κ3) is 4.05. The van der Waals surface area contributed by atoms with Crippen molar-refractivity contribution in [3.05, 3.63) is 216 Å². The van der Waals surface area contributed by atoms with Crippen LogP contribution in [-0.2, 0) is 5.41 Å². The monoisotopic (exact) mass is 736 g/mol. The summed E-state index contributed by atoms with van der Waals surface area (Å²) in [6.45, 7) is 0. The van der Waals surface area contributed by atoms with E-state index in [4.69, 9.17) is 15.0 Å². The van der Waals surface area contributed by atoms with Gasteiger partial charge in [-0.15, -0.1) is 0 Å². The fraction of sp³-hybridized carbons (Fsp3) is 0.0185. The molecule has 2 heterocycles. The van der Waals surface area contributed by atoms with Crippen LogP contribution >= 0.6 is 0 Å². The Kier molecular flexibility index (Phi) is 6.34. The molecule has 0 unspecified atom stereocenters. The maximum Gasteiger partial charge on any atom is 0.164 e. The van der Waals surface area contributed by atoms with Gasteiger partial charge in [0.15, 0.2) is 17.5 Å². The summed E-state index contributed by atoms with van der Waals surface area (Å²) in [5.74, 6) is 1.95. The molecule has 11 aromatic rings. The Hall–Kier alpha value is -7.69. The Bertz CT molecular complexity index is 3410. The largest absolute Gasteiger partial charge is 0.309 e. The van der Waals surface area contributed by atoms with Crippen molar-refractivity contribution in [3.63, 3.8) is 0 Å². The number of benzene rings is 9. The van der Waals surface area contributed by atoms with Gasteiger partial charge in [0.2, 0.25) is 0 Å². The molecule has 0 saturated carbocycles. The average molecular weight is 737 g/mol. The number of rotatable bonds is 4. The van der Waals surface area contributed by atoms with E-state index in [2.05, 4.69) is 162 Å². The average Bonchev–Trinajstić information content (AvgIpc) is 3.79. The minimum Gasteiger partial charge on any atom is -0.309 e. The molecule has 13 rings (SSSR count). The molecule has 0 atom stereocenters. The summed E-state index contributed by atoms with van der Waals surface area (Å²) in [5, 5.41) is 7.45. The zero-order valence-corrected chi connectivity index (χ0v) is 31.3. The lowest BCUT2D eigenvalue weighted by molar-refractivity contribution is 0.783. The van der Waals surface area contributed by atoms with Gasteiger partial charge in [-0.3, -0.25) is 0 Å². The van der Waals surface area contributed by atoms with Gasteiger partial charge in [-0.25, -0.2) is 15.0 Å². The molecule has 2 aliphatic carbocycles. The van der Waals surface area contributed by atoms with Crippen molar-refractivity contribution in [1.29, 1.82) is 0 Å². The van der Waals surface area contributed by atoms with Crippen LogP contribution in [0.4, 0.5) is 0 Å². The number of aromatic nitrogens is 4. The lowest BCUT2D eigenvalue weighted by Crippen LogP contribution is -2.30. The van der Waals surface area contributed by atoms with Gasteiger partial charge in [0.05, 0.1) is 22.1 Å². The molecule has 9 aromatic carbocycles. The first-order valence-corrected chi connectivity index (χ1v) is 19.9. The molecule has 2 aromatic heterocycles. The van der Waals surface area contributed by atoms with Crippen LogP contribution in [0.2, 0.25) is 0 Å². The smallest absolute Gasteiger partial charge is 0.164 e. The standard InChI is InChI=1S/C54H32N4/c1-3-15-34(16-4-1)51-55-52(35-17-5-2-6-18-35)57-53(56-51)40-30-32-45(39-23-8-7-20-36(39)40)58-46-28-14-27-44-49(46)50-47(58)31-29-33-19-13-26-43(48(33)50)54(44)41-24-11-9-21-37(41)38-22-10-12-25-42(38)54/h1-32H. The fourth-order valence-corrected chi connectivity index (χ4v) is 10.4. The van der Waals surface area contributed by atoms with E-state index >= 15 is 0 Å². The molecule has 58 heavy (non-hydrogen) atoms. The Morgan fingerprint density at radius 2 is 0.862 bits per heavy atom. The summed E-state index contributed by atoms with van der Waals surface area (Å²) < 4.78 is 2.50. The fourth-order valence-electron chi connectivity index (χ4n) is 10.4. The molecular formula is C54H32N4. The maximum absolute atomic E-state index is 5.14. The second-order valence-corrected chi connectivity index (χ2v) is 15.5. The number of fused-ring (bicyclic) bond motifs is 8. The molecule has 4 heteroatoms. The van der Waals surface area contributed by atoms with Gasteiger partial charge >= 0.3 is 0 Å². The lowest BCUT2D eigenvalue weighted by Gasteiger charge is -2.37. The summed E-state index contributed by atoms with van der Waals surface area (Å²) in [4.78, 5) is 15.3. The maximum atomic E-state index is 5.14. The normalized spacial score (nSPS) is 13.3. The van der Waals surface area contributed by atoms with Gasteiger partial charge in [0.25, 0.3) is 0 Å². The molecule has 0 aliphatic heterocycles. The highest BCUT2D eigenvalue weighted by molar-refractivity contribution is 6.27. The van der Waals surface area contributed by atoms with Crippen LogP contribution in [-0.4, -0.2) is 19.5 Å². The third-order valence-electron chi connectivity index (χ3n) is 12.6. The van der Waals surface area contributed by atoms with Crippen molar-refractivity contribution < 1.29 is 0 Å². The minimum absolute atomic E-state index is 0.447. The molecule has 2 aliphatic rings. The molecule has 0 amide bonds. The van der Waals surface area contributed by atoms with Gasteiger partial charge < -0.3 is 4.57 Å². The highest BCUT2D eigenvalue weighted by Gasteiger charge is 2.50. The van der Waals surface area contributed by atoms with Crippen LogP contribution < -0.4 is 0 Å². The first kappa shape index (κ1) is 31.5. The topological polar surface area (TPSA) is 43.6 Å². The minimum atomic E-state index is -0.447. The molecule has 0 radical (unpaired) electrons. The molecule has 0 saturated heterocycles. The Morgan fingerprint density at radius 1 is 0.328 bits per heavy atom. The van der Waals surface area contributed by atoms with Crippen LogP contribution in [0.1, 0.15) is 22.3 Å². The predicted molar refractivity (Wildman–Crippen MR) is 236 cm³/mol. The van der Waals surface area contributed by atoms with E-state index in [1.807, 2.05) is 36.4 Å². The third-order valence-corrected chi connectivity index (χ3v) is 12.6. The van der Waals surface area contributed by atoms with Crippen LogP contribution in [0.5, 0.6) is 0 Å². The van der Waals surface area contributed by atoms with Crippen LogP contribution in [0.25, 0.3) is 94.3 Å². The van der Waals surface area contributed by atoms with Crippen molar-refractivity contribution in [3.8, 4) is 51.0 Å². The van der Waals surface area contributed by atoms with Crippen molar-refractivity contribution >= 4 is 43.4 Å². The van der Waals surface area contributed by atoms with Crippen molar-refractivity contribution in [2.75, 3.05) is 0 Å². The van der Waals surface area contributed by atoms with Crippen molar-refractivity contribution in [1.82, 2.24) is 19.5 Å². The quantitative estimate of drug-likeness (QED) is 0.181. The van der Waals surface area contributed by atoms with E-state index in [1.165, 1.54) is 66.0 Å². The summed E-state index contributed by atoms with van der Waals surface area (Å²) in [6, 6.07) is 70.1. The lowest BCUT2D eigenvalue weighted by atomic mass is 9.63. The molecule has 0 bridgehead atoms. The highest BCUT2D eigenvalue weighted by Crippen LogP contribution is 2.62. The van der Waals surface area contributed by atoms with Crippen molar-refractivity contribution in [2.45, 2.75) is 5.41 Å². The molecule has 1 spiro atoms. The number of hydrogen-bond acceptors (Lipinski definition) is 3. The summed E-state index contributed by atoms with van der Waals surface area (Å²) in [5.41, 5.74) is 14.0. The predicted octanol–water partition coefficient (Wildman–Crippen LogP) is 13.0. The van der Waals surface area contributed by atoms with E-state index in [0.29, 0.717) is 17.5 Å². The van der Waals surface area contributed by atoms with Gasteiger partial charge in [-0.1, -0.05) is 170 Å². The van der Waals surface area contributed by atoms with E-state index < -0.39 is 5.41 Å². The first-order chi connectivity index (χ1) is 28.8. The van der Waals surface area contributed by atoms with E-state index in [9.17, 15) is 0 Å². The van der Waals surface area contributed by atoms with E-state index in [0.717, 1.165) is 33.2 Å². The highest BCUT2D eigenvalue weighted by atomic mass is 15.0. The van der Waals surface area contributed by atoms with Crippen molar-refractivity contribution in [2.24, 2.45) is 0 Å². The van der Waals surface area contributed by atoms with E-state index in [-0.39, 0.29) is 0 Å². The second kappa shape index (κ2) is 11.7. The zero-order chi connectivity index (χ0) is 38.0. The van der Waals surface area contributed by atoms with Gasteiger partial charge in [-0.2, -0.15) is 0 Å². The molecular weight excluding hydrogens is 705 g/mol.